The molecule has 0 unspecified atom stereocenters. The number of unbranched alkanes of at least 4 members (excludes halogenated alkanes) is 5. The van der Waals surface area contributed by atoms with Gasteiger partial charge < -0.3 is 10.4 Å². The highest BCUT2D eigenvalue weighted by Gasteiger charge is 2.09. The summed E-state index contributed by atoms with van der Waals surface area (Å²) in [4.78, 5) is 22.1. The molecule has 4 heteroatoms. The molecule has 2 N–H and O–H groups in total. The highest BCUT2D eigenvalue weighted by molar-refractivity contribution is 5.99. The minimum Gasteiger partial charge on any atom is -0.477 e. The number of nitrogens with one attached hydrogen (secondary N) is 1. The van der Waals surface area contributed by atoms with E-state index >= 15 is 0 Å². The molecule has 0 atom stereocenters. The van der Waals surface area contributed by atoms with E-state index in [-0.39, 0.29) is 5.70 Å². The summed E-state index contributed by atoms with van der Waals surface area (Å²) in [6, 6.07) is 0. The molecule has 0 aromatic heterocycles. The van der Waals surface area contributed by atoms with E-state index in [0.717, 1.165) is 12.8 Å². The Morgan fingerprint density at radius 1 is 1.20 bits per heavy atom. The Bertz CT molecular complexity index is 395. The van der Waals surface area contributed by atoms with E-state index in [2.05, 4.69) is 18.8 Å². The lowest BCUT2D eigenvalue weighted by Gasteiger charge is -2.03. The van der Waals surface area contributed by atoms with Crippen molar-refractivity contribution in [3.63, 3.8) is 0 Å². The summed E-state index contributed by atoms with van der Waals surface area (Å²) in [7, 11) is 0. The Kier molecular flexibility index (Phi) is 10.0. The van der Waals surface area contributed by atoms with E-state index in [4.69, 9.17) is 5.11 Å². The third-order valence-electron chi connectivity index (χ3n) is 2.84. The Morgan fingerprint density at radius 3 is 2.45 bits per heavy atom. The van der Waals surface area contributed by atoms with Crippen LogP contribution in [0.3, 0.4) is 0 Å². The highest BCUT2D eigenvalue weighted by atomic mass is 16.4. The molecule has 0 aliphatic rings. The summed E-state index contributed by atoms with van der Waals surface area (Å²) in [6.45, 7) is 7.07. The van der Waals surface area contributed by atoms with Gasteiger partial charge in [-0.25, -0.2) is 4.79 Å². The number of aliphatic carboxylic acids is 1. The average Bonchev–Trinajstić information content (AvgIpc) is 2.41. The van der Waals surface area contributed by atoms with E-state index < -0.39 is 11.9 Å². The molecule has 0 fully saturated rings. The molecule has 0 saturated carbocycles. The van der Waals surface area contributed by atoms with Crippen LogP contribution in [0.15, 0.2) is 36.1 Å². The van der Waals surface area contributed by atoms with Gasteiger partial charge in [0.1, 0.15) is 5.70 Å². The standard InChI is InChI=1S/C16H25NO3/c1-4-5-6-7-8-9-10-11-12-13(2)15(18)17-14(3)16(19)20/h10-12H,3-9H2,1-2H3,(H,17,18)(H,19,20)/b11-10+,13-12+. The number of allylic oxidation sites excluding steroid dienone is 3. The minimum absolute atomic E-state index is 0.317. The molecule has 0 aromatic rings. The third kappa shape index (κ3) is 9.14. The van der Waals surface area contributed by atoms with Crippen molar-refractivity contribution < 1.29 is 14.7 Å². The lowest BCUT2D eigenvalue weighted by molar-refractivity contribution is -0.134. The number of carboxylic acid groups (broad SMARTS) is 1. The summed E-state index contributed by atoms with van der Waals surface area (Å²) in [5, 5.41) is 10.8. The summed E-state index contributed by atoms with van der Waals surface area (Å²) in [6.07, 6.45) is 12.7. The number of carbonyl (C=O) groups excluding carboxylic acids is 1. The van der Waals surface area contributed by atoms with E-state index in [9.17, 15) is 9.59 Å². The molecular weight excluding hydrogens is 254 g/mol. The summed E-state index contributed by atoms with van der Waals surface area (Å²) in [5.41, 5.74) is 0.136. The number of hydrogen-bond acceptors (Lipinski definition) is 2. The largest absolute Gasteiger partial charge is 0.477 e. The Hall–Kier alpha value is -1.84. The fraction of sp³-hybridized carbons (Fsp3) is 0.500. The predicted molar refractivity (Wildman–Crippen MR) is 81.2 cm³/mol. The van der Waals surface area contributed by atoms with Crippen LogP contribution < -0.4 is 5.32 Å². The topological polar surface area (TPSA) is 66.4 Å². The van der Waals surface area contributed by atoms with Gasteiger partial charge in [-0.3, -0.25) is 4.79 Å². The van der Waals surface area contributed by atoms with E-state index in [1.54, 1.807) is 13.0 Å². The maximum absolute atomic E-state index is 11.6. The first-order valence-corrected chi connectivity index (χ1v) is 7.06. The lowest BCUT2D eigenvalue weighted by Crippen LogP contribution is -2.26. The van der Waals surface area contributed by atoms with Gasteiger partial charge in [-0.2, -0.15) is 0 Å². The van der Waals surface area contributed by atoms with Crippen LogP contribution in [0, 0.1) is 0 Å². The quantitative estimate of drug-likeness (QED) is 0.365. The molecule has 112 valence electrons. The number of carboxylic acids is 1. The Labute approximate surface area is 121 Å². The van der Waals surface area contributed by atoms with Crippen molar-refractivity contribution in [1.29, 1.82) is 0 Å². The fourth-order valence-electron chi connectivity index (χ4n) is 1.54. The van der Waals surface area contributed by atoms with Gasteiger partial charge in [0.15, 0.2) is 0 Å². The second-order valence-corrected chi connectivity index (χ2v) is 4.72. The maximum Gasteiger partial charge on any atom is 0.351 e. The number of amides is 1. The van der Waals surface area contributed by atoms with Gasteiger partial charge in [0.2, 0.25) is 0 Å². The predicted octanol–water partition coefficient (Wildman–Crippen LogP) is 3.56. The van der Waals surface area contributed by atoms with Crippen LogP contribution in [0.1, 0.15) is 52.4 Å². The zero-order chi connectivity index (χ0) is 15.4. The van der Waals surface area contributed by atoms with Crippen LogP contribution in [0.2, 0.25) is 0 Å². The monoisotopic (exact) mass is 279 g/mol. The minimum atomic E-state index is -1.23. The second-order valence-electron chi connectivity index (χ2n) is 4.72. The summed E-state index contributed by atoms with van der Waals surface area (Å²) < 4.78 is 0. The number of carbonyl (C=O) groups is 2. The van der Waals surface area contributed by atoms with Crippen LogP contribution in [-0.4, -0.2) is 17.0 Å². The molecule has 0 rings (SSSR count). The smallest absolute Gasteiger partial charge is 0.351 e. The van der Waals surface area contributed by atoms with Crippen molar-refractivity contribution >= 4 is 11.9 Å². The van der Waals surface area contributed by atoms with E-state index in [0.29, 0.717) is 5.57 Å². The first kappa shape index (κ1) is 18.2. The zero-order valence-corrected chi connectivity index (χ0v) is 12.4. The molecule has 0 bridgehead atoms. The zero-order valence-electron chi connectivity index (χ0n) is 12.4. The summed E-state index contributed by atoms with van der Waals surface area (Å²) in [5.74, 6) is -1.67. The molecule has 0 heterocycles. The molecular formula is C16H25NO3. The van der Waals surface area contributed by atoms with Gasteiger partial charge in [0, 0.05) is 5.57 Å². The molecule has 0 aliphatic carbocycles. The first-order valence-electron chi connectivity index (χ1n) is 7.06. The van der Waals surface area contributed by atoms with Gasteiger partial charge in [0.25, 0.3) is 5.91 Å². The highest BCUT2D eigenvalue weighted by Crippen LogP contribution is 2.05. The van der Waals surface area contributed by atoms with Crippen LogP contribution in [0.5, 0.6) is 0 Å². The molecule has 20 heavy (non-hydrogen) atoms. The second kappa shape index (κ2) is 11.0. The first-order chi connectivity index (χ1) is 9.49. The molecule has 0 spiro atoms. The maximum atomic E-state index is 11.6. The SMILES string of the molecule is C=C(NC(=O)/C(C)=C/C=C/CCCCCCC)C(=O)O. The van der Waals surface area contributed by atoms with Crippen molar-refractivity contribution in [2.45, 2.75) is 52.4 Å². The van der Waals surface area contributed by atoms with Crippen LogP contribution >= 0.6 is 0 Å². The van der Waals surface area contributed by atoms with Crippen molar-refractivity contribution in [2.24, 2.45) is 0 Å². The van der Waals surface area contributed by atoms with E-state index in [1.165, 1.54) is 25.7 Å². The molecule has 0 aromatic carbocycles. The van der Waals surface area contributed by atoms with Crippen LogP contribution in [-0.2, 0) is 9.59 Å². The Balaban J connectivity index is 3.96. The number of rotatable bonds is 10. The van der Waals surface area contributed by atoms with Gasteiger partial charge in [0.05, 0.1) is 0 Å². The molecule has 0 aliphatic heterocycles. The lowest BCUT2D eigenvalue weighted by atomic mass is 10.1. The van der Waals surface area contributed by atoms with Crippen molar-refractivity contribution in [2.75, 3.05) is 0 Å². The van der Waals surface area contributed by atoms with Gasteiger partial charge in [-0.15, -0.1) is 0 Å². The van der Waals surface area contributed by atoms with Crippen molar-refractivity contribution in [3.05, 3.63) is 36.1 Å². The molecule has 0 radical (unpaired) electrons. The third-order valence-corrected chi connectivity index (χ3v) is 2.84. The average molecular weight is 279 g/mol. The van der Waals surface area contributed by atoms with Crippen molar-refractivity contribution in [3.8, 4) is 0 Å². The fourth-order valence-corrected chi connectivity index (χ4v) is 1.54. The van der Waals surface area contributed by atoms with E-state index in [1.807, 2.05) is 12.2 Å². The molecule has 4 nitrogen and oxygen atoms in total. The van der Waals surface area contributed by atoms with Crippen molar-refractivity contribution in [1.82, 2.24) is 5.32 Å². The van der Waals surface area contributed by atoms with Crippen LogP contribution in [0.4, 0.5) is 0 Å². The molecule has 0 saturated heterocycles. The molecule has 1 amide bonds. The normalized spacial score (nSPS) is 11.6. The Morgan fingerprint density at radius 2 is 1.85 bits per heavy atom. The number of hydrogen-bond donors (Lipinski definition) is 2. The summed E-state index contributed by atoms with van der Waals surface area (Å²) >= 11 is 0. The van der Waals surface area contributed by atoms with Gasteiger partial charge in [-0.1, -0.05) is 57.4 Å². The van der Waals surface area contributed by atoms with Crippen LogP contribution in [0.25, 0.3) is 0 Å². The van der Waals surface area contributed by atoms with Gasteiger partial charge >= 0.3 is 5.97 Å². The van der Waals surface area contributed by atoms with Gasteiger partial charge in [-0.05, 0) is 19.8 Å².